The quantitative estimate of drug-likeness (QED) is 0.677. The van der Waals surface area contributed by atoms with Crippen LogP contribution in [0, 0.1) is 6.92 Å². The number of aromatic nitrogens is 3. The van der Waals surface area contributed by atoms with Crippen LogP contribution in [-0.4, -0.2) is 20.9 Å². The van der Waals surface area contributed by atoms with Gasteiger partial charge in [-0.1, -0.05) is 35.0 Å². The molecule has 0 unspecified atom stereocenters. The molecule has 110 valence electrons. The first-order valence-corrected chi connectivity index (χ1v) is 7.74. The Morgan fingerprint density at radius 2 is 1.95 bits per heavy atom. The van der Waals surface area contributed by atoms with E-state index in [1.807, 2.05) is 6.92 Å². The van der Waals surface area contributed by atoms with Gasteiger partial charge in [0.25, 0.3) is 0 Å². The van der Waals surface area contributed by atoms with Gasteiger partial charge in [0.15, 0.2) is 5.16 Å². The maximum atomic E-state index is 11.1. The second-order valence-electron chi connectivity index (χ2n) is 4.23. The van der Waals surface area contributed by atoms with Crippen molar-refractivity contribution in [1.29, 1.82) is 0 Å². The van der Waals surface area contributed by atoms with Gasteiger partial charge in [-0.3, -0.25) is 9.78 Å². The van der Waals surface area contributed by atoms with Crippen LogP contribution in [0.3, 0.4) is 0 Å². The Hall–Kier alpha value is -1.37. The summed E-state index contributed by atoms with van der Waals surface area (Å²) in [6.45, 7) is 3.27. The molecule has 2 aromatic heterocycles. The highest BCUT2D eigenvalue weighted by Crippen LogP contribution is 2.29. The first-order valence-electron chi connectivity index (χ1n) is 5.99. The number of carbonyl (C=O) groups excluding carboxylic acids is 1. The number of nitrogens with one attached hydrogen (secondary N) is 1. The minimum Gasteiger partial charge on any atom is -0.311 e. The Balaban J connectivity index is 2.16. The van der Waals surface area contributed by atoms with Gasteiger partial charge < -0.3 is 5.32 Å². The van der Waals surface area contributed by atoms with Gasteiger partial charge >= 0.3 is 0 Å². The summed E-state index contributed by atoms with van der Waals surface area (Å²) in [5, 5.41) is 4.19. The number of halogens is 2. The smallest absolute Gasteiger partial charge is 0.222 e. The summed E-state index contributed by atoms with van der Waals surface area (Å²) >= 11 is 13.5. The highest BCUT2D eigenvalue weighted by molar-refractivity contribution is 7.98. The zero-order chi connectivity index (χ0) is 15.4. The molecular formula is C13H12Cl2N4OS. The molecule has 2 rings (SSSR count). The van der Waals surface area contributed by atoms with E-state index in [9.17, 15) is 4.79 Å². The zero-order valence-corrected chi connectivity index (χ0v) is 13.7. The molecule has 0 bridgehead atoms. The molecule has 21 heavy (non-hydrogen) atoms. The number of hydrogen-bond acceptors (Lipinski definition) is 5. The lowest BCUT2D eigenvalue weighted by atomic mass is 10.3. The minimum absolute atomic E-state index is 0.177. The van der Waals surface area contributed by atoms with Crippen molar-refractivity contribution in [2.24, 2.45) is 0 Å². The molecule has 0 saturated heterocycles. The van der Waals surface area contributed by atoms with Gasteiger partial charge in [-0.05, 0) is 6.92 Å². The van der Waals surface area contributed by atoms with Gasteiger partial charge in [-0.2, -0.15) is 0 Å². The molecule has 0 aliphatic rings. The lowest BCUT2D eigenvalue weighted by Crippen LogP contribution is -2.08. The first-order chi connectivity index (χ1) is 9.95. The normalized spacial score (nSPS) is 10.5. The lowest BCUT2D eigenvalue weighted by molar-refractivity contribution is -0.114. The Morgan fingerprint density at radius 3 is 2.57 bits per heavy atom. The average molecular weight is 343 g/mol. The van der Waals surface area contributed by atoms with Crippen molar-refractivity contribution < 1.29 is 4.79 Å². The molecular weight excluding hydrogens is 331 g/mol. The van der Waals surface area contributed by atoms with Crippen LogP contribution in [0.4, 0.5) is 5.82 Å². The van der Waals surface area contributed by atoms with Crippen molar-refractivity contribution in [3.05, 3.63) is 39.8 Å². The molecule has 0 radical (unpaired) electrons. The third-order valence-corrected chi connectivity index (χ3v) is 3.96. The Kier molecular flexibility index (Phi) is 5.39. The maximum absolute atomic E-state index is 11.1. The van der Waals surface area contributed by atoms with Crippen LogP contribution >= 0.6 is 35.0 Å². The van der Waals surface area contributed by atoms with Gasteiger partial charge in [0.2, 0.25) is 5.91 Å². The summed E-state index contributed by atoms with van der Waals surface area (Å²) in [6, 6.07) is 1.71. The fourth-order valence-corrected chi connectivity index (χ4v) is 3.18. The predicted octanol–water partition coefficient (Wildman–Crippen LogP) is 3.74. The van der Waals surface area contributed by atoms with Crippen LogP contribution in [0.25, 0.3) is 0 Å². The van der Waals surface area contributed by atoms with E-state index in [1.165, 1.54) is 18.7 Å². The van der Waals surface area contributed by atoms with Crippen molar-refractivity contribution >= 4 is 46.7 Å². The van der Waals surface area contributed by atoms with Crippen molar-refractivity contribution in [1.82, 2.24) is 15.0 Å². The number of pyridine rings is 1. The predicted molar refractivity (Wildman–Crippen MR) is 84.9 cm³/mol. The van der Waals surface area contributed by atoms with Gasteiger partial charge in [-0.15, -0.1) is 0 Å². The molecule has 0 aliphatic heterocycles. The molecule has 0 saturated carbocycles. The molecule has 0 spiro atoms. The molecule has 8 heteroatoms. The van der Waals surface area contributed by atoms with Crippen molar-refractivity contribution in [2.45, 2.75) is 24.8 Å². The van der Waals surface area contributed by atoms with E-state index in [4.69, 9.17) is 23.2 Å². The second kappa shape index (κ2) is 7.06. The Bertz CT molecular complexity index is 661. The molecule has 2 heterocycles. The largest absolute Gasteiger partial charge is 0.311 e. The number of amides is 1. The summed E-state index contributed by atoms with van der Waals surface area (Å²) in [7, 11) is 0. The van der Waals surface area contributed by atoms with Crippen molar-refractivity contribution in [2.75, 3.05) is 5.32 Å². The van der Waals surface area contributed by atoms with E-state index in [1.54, 1.807) is 18.5 Å². The number of rotatable bonds is 4. The van der Waals surface area contributed by atoms with Crippen LogP contribution in [-0.2, 0) is 10.5 Å². The lowest BCUT2D eigenvalue weighted by Gasteiger charge is -2.07. The maximum Gasteiger partial charge on any atom is 0.222 e. The first kappa shape index (κ1) is 16.0. The molecule has 2 aromatic rings. The van der Waals surface area contributed by atoms with Crippen molar-refractivity contribution in [3.8, 4) is 0 Å². The third-order valence-electron chi connectivity index (χ3n) is 2.44. The Labute approximate surface area is 136 Å². The molecule has 0 fully saturated rings. The fourth-order valence-electron chi connectivity index (χ4n) is 1.56. The summed E-state index contributed by atoms with van der Waals surface area (Å²) in [4.78, 5) is 23.6. The van der Waals surface area contributed by atoms with E-state index in [0.29, 0.717) is 26.8 Å². The highest BCUT2D eigenvalue weighted by Gasteiger charge is 2.09. The van der Waals surface area contributed by atoms with Gasteiger partial charge in [0, 0.05) is 42.4 Å². The van der Waals surface area contributed by atoms with E-state index < -0.39 is 0 Å². The fraction of sp³-hybridized carbons (Fsp3) is 0.231. The molecule has 0 aromatic carbocycles. The number of nitrogens with zero attached hydrogens (tertiary/aromatic N) is 3. The molecule has 1 amide bonds. The van der Waals surface area contributed by atoms with Gasteiger partial charge in [-0.25, -0.2) is 9.97 Å². The van der Waals surface area contributed by atoms with Crippen molar-refractivity contribution in [3.63, 3.8) is 0 Å². The minimum atomic E-state index is -0.177. The molecule has 1 N–H and O–H groups in total. The average Bonchev–Trinajstić information content (AvgIpc) is 2.36. The SMILES string of the molecule is CC(=O)Nc1cc(C)nc(SCc2c(Cl)cncc2Cl)n1. The van der Waals surface area contributed by atoms with Crippen LogP contribution in [0.2, 0.25) is 10.0 Å². The molecule has 0 atom stereocenters. The van der Waals surface area contributed by atoms with Crippen LogP contribution < -0.4 is 5.32 Å². The number of carbonyl (C=O) groups is 1. The van der Waals surface area contributed by atoms with E-state index in [2.05, 4.69) is 20.3 Å². The second-order valence-corrected chi connectivity index (χ2v) is 5.99. The summed E-state index contributed by atoms with van der Waals surface area (Å²) in [6.07, 6.45) is 3.09. The van der Waals surface area contributed by atoms with Crippen LogP contribution in [0.15, 0.2) is 23.6 Å². The summed E-state index contributed by atoms with van der Waals surface area (Å²) in [5.74, 6) is 0.817. The van der Waals surface area contributed by atoms with Gasteiger partial charge in [0.1, 0.15) is 5.82 Å². The Morgan fingerprint density at radius 1 is 1.29 bits per heavy atom. The van der Waals surface area contributed by atoms with E-state index in [-0.39, 0.29) is 5.91 Å². The number of hydrogen-bond donors (Lipinski definition) is 1. The molecule has 0 aliphatic carbocycles. The third kappa shape index (κ3) is 4.56. The summed E-state index contributed by atoms with van der Waals surface area (Å²) in [5.41, 5.74) is 1.55. The monoisotopic (exact) mass is 342 g/mol. The molecule has 5 nitrogen and oxygen atoms in total. The van der Waals surface area contributed by atoms with E-state index in [0.717, 1.165) is 11.3 Å². The van der Waals surface area contributed by atoms with Gasteiger partial charge in [0.05, 0.1) is 10.0 Å². The number of aryl methyl sites for hydroxylation is 1. The number of thioether (sulfide) groups is 1. The summed E-state index contributed by atoms with van der Waals surface area (Å²) < 4.78 is 0. The highest BCUT2D eigenvalue weighted by atomic mass is 35.5. The van der Waals surface area contributed by atoms with E-state index >= 15 is 0 Å². The topological polar surface area (TPSA) is 67.8 Å². The van der Waals surface area contributed by atoms with Crippen LogP contribution in [0.1, 0.15) is 18.2 Å². The van der Waals surface area contributed by atoms with Crippen LogP contribution in [0.5, 0.6) is 0 Å². The standard InChI is InChI=1S/C13H12Cl2N4OS/c1-7-3-12(18-8(2)20)19-13(17-7)21-6-9-10(14)4-16-5-11(9)15/h3-5H,6H2,1-2H3,(H,17,18,19,20). The zero-order valence-electron chi connectivity index (χ0n) is 11.4. The number of anilines is 1.